The van der Waals surface area contributed by atoms with Crippen molar-refractivity contribution in [3.8, 4) is 11.1 Å². The highest BCUT2D eigenvalue weighted by atomic mass is 16.2. The van der Waals surface area contributed by atoms with Gasteiger partial charge in [-0.05, 0) is 11.0 Å². The first kappa shape index (κ1) is 17.1. The van der Waals surface area contributed by atoms with Crippen LogP contribution in [-0.4, -0.2) is 28.0 Å². The van der Waals surface area contributed by atoms with Gasteiger partial charge < -0.3 is 20.9 Å². The number of hydrogen-bond acceptors (Lipinski definition) is 2. The molecule has 1 atom stereocenters. The van der Waals surface area contributed by atoms with Crippen molar-refractivity contribution in [2.75, 3.05) is 6.54 Å². The Balaban J connectivity index is 2.28. The molecule has 0 saturated heterocycles. The van der Waals surface area contributed by atoms with Gasteiger partial charge in [0.25, 0.3) is 5.91 Å². The average molecular weight is 340 g/mol. The van der Waals surface area contributed by atoms with Crippen LogP contribution in [0.25, 0.3) is 11.1 Å². The van der Waals surface area contributed by atoms with Crippen LogP contribution in [0.15, 0.2) is 36.5 Å². The van der Waals surface area contributed by atoms with E-state index in [1.807, 2.05) is 61.9 Å². The standard InChI is InChI=1S/C19H24N4O2/c1-19(2,3)16-15-14(17(20)24)13(12-7-5-4-6-8-12)11-22(15)9-10-23(16)18(21)25/h4-8,11,16H,9-10H2,1-3H3,(H2,20,24)(H2,21,25). The first-order chi connectivity index (χ1) is 11.7. The molecule has 4 N–H and O–H groups in total. The zero-order chi connectivity index (χ0) is 18.4. The number of benzene rings is 1. The summed E-state index contributed by atoms with van der Waals surface area (Å²) in [6, 6.07) is 8.87. The zero-order valence-electron chi connectivity index (χ0n) is 14.8. The van der Waals surface area contributed by atoms with Gasteiger partial charge in [-0.1, -0.05) is 51.1 Å². The largest absolute Gasteiger partial charge is 0.366 e. The van der Waals surface area contributed by atoms with Crippen LogP contribution >= 0.6 is 0 Å². The Bertz CT molecular complexity index is 818. The van der Waals surface area contributed by atoms with Crippen molar-refractivity contribution in [2.45, 2.75) is 33.4 Å². The van der Waals surface area contributed by atoms with Gasteiger partial charge in [-0.15, -0.1) is 0 Å². The fraction of sp³-hybridized carbons (Fsp3) is 0.368. The van der Waals surface area contributed by atoms with Gasteiger partial charge in [0, 0.05) is 24.8 Å². The maximum atomic E-state index is 12.4. The normalized spacial score (nSPS) is 17.2. The maximum Gasteiger partial charge on any atom is 0.315 e. The fourth-order valence-corrected chi connectivity index (χ4v) is 3.75. The minimum atomic E-state index is -0.492. The Morgan fingerprint density at radius 2 is 1.72 bits per heavy atom. The van der Waals surface area contributed by atoms with E-state index in [0.29, 0.717) is 18.7 Å². The maximum absolute atomic E-state index is 12.4. The molecular weight excluding hydrogens is 316 g/mol. The first-order valence-corrected chi connectivity index (χ1v) is 8.36. The summed E-state index contributed by atoms with van der Waals surface area (Å²) in [5.74, 6) is -0.492. The second-order valence-corrected chi connectivity index (χ2v) is 7.53. The topological polar surface area (TPSA) is 94.3 Å². The molecule has 2 heterocycles. The Kier molecular flexibility index (Phi) is 4.06. The lowest BCUT2D eigenvalue weighted by Crippen LogP contribution is -2.49. The van der Waals surface area contributed by atoms with E-state index in [0.717, 1.165) is 16.8 Å². The third-order valence-electron chi connectivity index (χ3n) is 4.71. The van der Waals surface area contributed by atoms with Crippen LogP contribution < -0.4 is 11.5 Å². The van der Waals surface area contributed by atoms with Crippen molar-refractivity contribution in [1.82, 2.24) is 9.47 Å². The zero-order valence-corrected chi connectivity index (χ0v) is 14.8. The number of fused-ring (bicyclic) bond motifs is 1. The van der Waals surface area contributed by atoms with E-state index in [9.17, 15) is 9.59 Å². The van der Waals surface area contributed by atoms with Crippen molar-refractivity contribution < 1.29 is 9.59 Å². The van der Waals surface area contributed by atoms with Crippen LogP contribution in [0.1, 0.15) is 42.9 Å². The predicted molar refractivity (Wildman–Crippen MR) is 96.9 cm³/mol. The SMILES string of the molecule is CC(C)(C)C1c2c(C(N)=O)c(-c3ccccc3)cn2CCN1C(N)=O. The molecular formula is C19H24N4O2. The van der Waals surface area contributed by atoms with Crippen LogP contribution in [0.4, 0.5) is 4.79 Å². The van der Waals surface area contributed by atoms with Gasteiger partial charge in [0.15, 0.2) is 0 Å². The van der Waals surface area contributed by atoms with E-state index in [1.54, 1.807) is 4.90 Å². The monoisotopic (exact) mass is 340 g/mol. The number of primary amides is 2. The third kappa shape index (κ3) is 2.88. The Hall–Kier alpha value is -2.76. The molecule has 0 aliphatic carbocycles. The molecule has 2 aromatic rings. The average Bonchev–Trinajstić information content (AvgIpc) is 2.93. The molecule has 6 nitrogen and oxygen atoms in total. The molecule has 25 heavy (non-hydrogen) atoms. The van der Waals surface area contributed by atoms with Gasteiger partial charge in [0.2, 0.25) is 0 Å². The Morgan fingerprint density at radius 1 is 1.08 bits per heavy atom. The fourth-order valence-electron chi connectivity index (χ4n) is 3.75. The van der Waals surface area contributed by atoms with E-state index in [4.69, 9.17) is 11.5 Å². The van der Waals surface area contributed by atoms with E-state index in [2.05, 4.69) is 0 Å². The lowest BCUT2D eigenvalue weighted by atomic mass is 9.81. The molecule has 1 aromatic heterocycles. The quantitative estimate of drug-likeness (QED) is 0.879. The molecule has 0 bridgehead atoms. The van der Waals surface area contributed by atoms with Gasteiger partial charge >= 0.3 is 6.03 Å². The van der Waals surface area contributed by atoms with Gasteiger partial charge in [-0.3, -0.25) is 4.79 Å². The number of carbonyl (C=O) groups excluding carboxylic acids is 2. The number of hydrogen-bond donors (Lipinski definition) is 2. The molecule has 0 fully saturated rings. The van der Waals surface area contributed by atoms with E-state index < -0.39 is 11.9 Å². The predicted octanol–water partition coefficient (Wildman–Crippen LogP) is 2.74. The summed E-state index contributed by atoms with van der Waals surface area (Å²) < 4.78 is 2.04. The molecule has 1 aliphatic heterocycles. The van der Waals surface area contributed by atoms with Crippen molar-refractivity contribution in [1.29, 1.82) is 0 Å². The molecule has 1 aliphatic rings. The smallest absolute Gasteiger partial charge is 0.315 e. The van der Waals surface area contributed by atoms with Crippen molar-refractivity contribution in [3.63, 3.8) is 0 Å². The molecule has 0 radical (unpaired) electrons. The van der Waals surface area contributed by atoms with Crippen LogP contribution in [-0.2, 0) is 6.54 Å². The summed E-state index contributed by atoms with van der Waals surface area (Å²) in [6.45, 7) is 7.18. The molecule has 6 heteroatoms. The number of nitrogens with zero attached hydrogens (tertiary/aromatic N) is 2. The minimum Gasteiger partial charge on any atom is -0.366 e. The number of rotatable bonds is 2. The van der Waals surface area contributed by atoms with Crippen molar-refractivity contribution in [2.24, 2.45) is 16.9 Å². The second-order valence-electron chi connectivity index (χ2n) is 7.53. The molecule has 132 valence electrons. The molecule has 3 amide bonds. The summed E-state index contributed by atoms with van der Waals surface area (Å²) in [6.07, 6.45) is 1.96. The molecule has 1 aromatic carbocycles. The lowest BCUT2D eigenvalue weighted by Gasteiger charge is -2.43. The third-order valence-corrected chi connectivity index (χ3v) is 4.71. The molecule has 3 rings (SSSR count). The summed E-state index contributed by atoms with van der Waals surface area (Å²) in [5.41, 5.74) is 14.0. The molecule has 0 spiro atoms. The summed E-state index contributed by atoms with van der Waals surface area (Å²) in [4.78, 5) is 26.0. The van der Waals surface area contributed by atoms with E-state index >= 15 is 0 Å². The first-order valence-electron chi connectivity index (χ1n) is 8.36. The number of carbonyl (C=O) groups is 2. The van der Waals surface area contributed by atoms with Gasteiger partial charge in [0.05, 0.1) is 17.3 Å². The number of aromatic nitrogens is 1. The highest BCUT2D eigenvalue weighted by Gasteiger charge is 2.41. The van der Waals surface area contributed by atoms with Gasteiger partial charge in [-0.25, -0.2) is 4.79 Å². The minimum absolute atomic E-state index is 0.302. The van der Waals surface area contributed by atoms with Gasteiger partial charge in [0.1, 0.15) is 0 Å². The van der Waals surface area contributed by atoms with Crippen LogP contribution in [0.2, 0.25) is 0 Å². The molecule has 0 saturated carbocycles. The Labute approximate surface area is 147 Å². The highest BCUT2D eigenvalue weighted by Crippen LogP contribution is 2.44. The van der Waals surface area contributed by atoms with Crippen molar-refractivity contribution >= 4 is 11.9 Å². The highest BCUT2D eigenvalue weighted by molar-refractivity contribution is 6.01. The summed E-state index contributed by atoms with van der Waals surface area (Å²) in [5, 5.41) is 0. The number of urea groups is 1. The van der Waals surface area contributed by atoms with E-state index in [-0.39, 0.29) is 11.5 Å². The Morgan fingerprint density at radius 3 is 2.24 bits per heavy atom. The number of amides is 3. The molecule has 1 unspecified atom stereocenters. The van der Waals surface area contributed by atoms with Crippen LogP contribution in [0.5, 0.6) is 0 Å². The van der Waals surface area contributed by atoms with Gasteiger partial charge in [-0.2, -0.15) is 0 Å². The van der Waals surface area contributed by atoms with E-state index in [1.165, 1.54) is 0 Å². The van der Waals surface area contributed by atoms with Crippen LogP contribution in [0.3, 0.4) is 0 Å². The van der Waals surface area contributed by atoms with Crippen LogP contribution in [0, 0.1) is 5.41 Å². The van der Waals surface area contributed by atoms with Crippen molar-refractivity contribution in [3.05, 3.63) is 47.8 Å². The second kappa shape index (κ2) is 5.95. The summed E-state index contributed by atoms with van der Waals surface area (Å²) in [7, 11) is 0. The lowest BCUT2D eigenvalue weighted by molar-refractivity contribution is 0.0919. The number of nitrogens with two attached hydrogens (primary N) is 2. The summed E-state index contributed by atoms with van der Waals surface area (Å²) >= 11 is 0.